The number of pyridine rings is 1. The summed E-state index contributed by atoms with van der Waals surface area (Å²) in [5, 5.41) is 3.22. The first-order valence-corrected chi connectivity index (χ1v) is 9.11. The molecule has 0 atom stereocenters. The molecular weight excluding hydrogens is 344 g/mol. The molecule has 27 heavy (non-hydrogen) atoms. The van der Waals surface area contributed by atoms with Gasteiger partial charge in [0.25, 0.3) is 5.91 Å². The first-order chi connectivity index (χ1) is 13.1. The monoisotopic (exact) mass is 370 g/mol. The smallest absolute Gasteiger partial charge is 0.254 e. The van der Waals surface area contributed by atoms with E-state index in [9.17, 15) is 4.79 Å². The Labute approximate surface area is 159 Å². The van der Waals surface area contributed by atoms with Crippen LogP contribution >= 0.6 is 0 Å². The van der Waals surface area contributed by atoms with E-state index < -0.39 is 0 Å². The maximum atomic E-state index is 12.8. The van der Waals surface area contributed by atoms with Gasteiger partial charge in [0.05, 0.1) is 19.9 Å². The molecule has 1 aliphatic rings. The number of nitrogens with one attached hydrogen (secondary N) is 1. The summed E-state index contributed by atoms with van der Waals surface area (Å²) in [7, 11) is 3.22. The maximum Gasteiger partial charge on any atom is 0.254 e. The number of carbonyl (C=O) groups excluding carboxylic acids is 1. The summed E-state index contributed by atoms with van der Waals surface area (Å²) >= 11 is 0. The SMILES string of the molecule is CCN1CCN(C(=O)c2ccnc(Nc3cc(OC)ccc3OC)c2)CC1. The molecule has 0 aliphatic carbocycles. The lowest BCUT2D eigenvalue weighted by molar-refractivity contribution is 0.0643. The van der Waals surface area contributed by atoms with Crippen LogP contribution in [-0.2, 0) is 0 Å². The fourth-order valence-electron chi connectivity index (χ4n) is 3.13. The van der Waals surface area contributed by atoms with Crippen molar-refractivity contribution in [3.63, 3.8) is 0 Å². The Morgan fingerprint density at radius 2 is 1.89 bits per heavy atom. The van der Waals surface area contributed by atoms with Crippen LogP contribution in [0.15, 0.2) is 36.5 Å². The molecule has 1 aromatic carbocycles. The van der Waals surface area contributed by atoms with Crippen LogP contribution in [0.2, 0.25) is 0 Å². The molecule has 0 bridgehead atoms. The van der Waals surface area contributed by atoms with E-state index in [1.165, 1.54) is 0 Å². The Bertz CT molecular complexity index is 789. The summed E-state index contributed by atoms with van der Waals surface area (Å²) in [6, 6.07) is 9.01. The van der Waals surface area contributed by atoms with Crippen molar-refractivity contribution in [2.45, 2.75) is 6.92 Å². The van der Waals surface area contributed by atoms with Crippen molar-refractivity contribution in [3.05, 3.63) is 42.1 Å². The van der Waals surface area contributed by atoms with Gasteiger partial charge in [-0.05, 0) is 30.8 Å². The molecule has 0 saturated carbocycles. The summed E-state index contributed by atoms with van der Waals surface area (Å²) in [6.07, 6.45) is 1.64. The van der Waals surface area contributed by atoms with Crippen LogP contribution < -0.4 is 14.8 Å². The van der Waals surface area contributed by atoms with Crippen LogP contribution in [0.3, 0.4) is 0 Å². The molecule has 0 spiro atoms. The lowest BCUT2D eigenvalue weighted by Gasteiger charge is -2.34. The molecule has 1 aromatic heterocycles. The van der Waals surface area contributed by atoms with Crippen molar-refractivity contribution in [2.24, 2.45) is 0 Å². The second-order valence-corrected chi connectivity index (χ2v) is 6.35. The summed E-state index contributed by atoms with van der Waals surface area (Å²) in [6.45, 7) is 6.50. The molecule has 1 saturated heterocycles. The zero-order valence-corrected chi connectivity index (χ0v) is 16.1. The summed E-state index contributed by atoms with van der Waals surface area (Å²) in [5.74, 6) is 2.00. The van der Waals surface area contributed by atoms with Crippen LogP contribution in [0.1, 0.15) is 17.3 Å². The van der Waals surface area contributed by atoms with Gasteiger partial charge in [-0.2, -0.15) is 0 Å². The van der Waals surface area contributed by atoms with E-state index >= 15 is 0 Å². The number of anilines is 2. The topological polar surface area (TPSA) is 66.9 Å². The minimum Gasteiger partial charge on any atom is -0.497 e. The highest BCUT2D eigenvalue weighted by Gasteiger charge is 2.21. The van der Waals surface area contributed by atoms with E-state index in [1.807, 2.05) is 23.1 Å². The molecule has 1 N–H and O–H groups in total. The fraction of sp³-hybridized carbons (Fsp3) is 0.400. The number of piperazine rings is 1. The van der Waals surface area contributed by atoms with Gasteiger partial charge in [-0.25, -0.2) is 4.98 Å². The average Bonchev–Trinajstić information content (AvgIpc) is 2.73. The lowest BCUT2D eigenvalue weighted by atomic mass is 10.2. The number of benzene rings is 1. The van der Waals surface area contributed by atoms with E-state index in [2.05, 4.69) is 22.1 Å². The van der Waals surface area contributed by atoms with Crippen molar-refractivity contribution in [2.75, 3.05) is 52.3 Å². The van der Waals surface area contributed by atoms with Crippen molar-refractivity contribution in [1.29, 1.82) is 0 Å². The summed E-state index contributed by atoms with van der Waals surface area (Å²) in [5.41, 5.74) is 1.35. The summed E-state index contributed by atoms with van der Waals surface area (Å²) < 4.78 is 10.7. The normalized spacial score (nSPS) is 14.7. The Morgan fingerprint density at radius 3 is 2.56 bits per heavy atom. The molecule has 7 heteroatoms. The first kappa shape index (κ1) is 19.0. The molecule has 2 heterocycles. The molecule has 144 valence electrons. The average molecular weight is 370 g/mol. The number of likely N-dealkylation sites (N-methyl/N-ethyl adjacent to an activating group) is 1. The highest BCUT2D eigenvalue weighted by Crippen LogP contribution is 2.31. The van der Waals surface area contributed by atoms with Crippen LogP contribution in [0.25, 0.3) is 0 Å². The number of hydrogen-bond acceptors (Lipinski definition) is 6. The number of rotatable bonds is 6. The largest absolute Gasteiger partial charge is 0.497 e. The molecule has 1 aliphatic heterocycles. The molecular formula is C20H26N4O3. The number of carbonyl (C=O) groups is 1. The van der Waals surface area contributed by atoms with Gasteiger partial charge in [-0.15, -0.1) is 0 Å². The zero-order valence-electron chi connectivity index (χ0n) is 16.1. The number of methoxy groups -OCH3 is 2. The minimum atomic E-state index is 0.0359. The number of amides is 1. The highest BCUT2D eigenvalue weighted by atomic mass is 16.5. The van der Waals surface area contributed by atoms with Gasteiger partial charge in [0.1, 0.15) is 17.3 Å². The second kappa shape index (κ2) is 8.73. The summed E-state index contributed by atoms with van der Waals surface area (Å²) in [4.78, 5) is 21.4. The second-order valence-electron chi connectivity index (χ2n) is 6.35. The third kappa shape index (κ3) is 4.49. The molecule has 1 amide bonds. The van der Waals surface area contributed by atoms with Gasteiger partial charge in [0.2, 0.25) is 0 Å². The first-order valence-electron chi connectivity index (χ1n) is 9.11. The predicted molar refractivity (Wildman–Crippen MR) is 105 cm³/mol. The van der Waals surface area contributed by atoms with E-state index in [0.717, 1.165) is 38.4 Å². The maximum absolute atomic E-state index is 12.8. The number of nitrogens with zero attached hydrogens (tertiary/aromatic N) is 3. The third-order valence-corrected chi connectivity index (χ3v) is 4.78. The molecule has 2 aromatic rings. The minimum absolute atomic E-state index is 0.0359. The van der Waals surface area contributed by atoms with Crippen molar-refractivity contribution < 1.29 is 14.3 Å². The number of ether oxygens (including phenoxy) is 2. The Morgan fingerprint density at radius 1 is 1.11 bits per heavy atom. The molecule has 1 fully saturated rings. The van der Waals surface area contributed by atoms with E-state index in [0.29, 0.717) is 22.9 Å². The standard InChI is InChI=1S/C20H26N4O3/c1-4-23-9-11-24(12-10-23)20(25)15-7-8-21-19(13-15)22-17-14-16(26-2)5-6-18(17)27-3/h5-8,13-14H,4,9-12H2,1-3H3,(H,21,22). The van der Waals surface area contributed by atoms with E-state index in [1.54, 1.807) is 32.5 Å². The van der Waals surface area contributed by atoms with Crippen molar-refractivity contribution in [1.82, 2.24) is 14.8 Å². The highest BCUT2D eigenvalue weighted by molar-refractivity contribution is 5.95. The van der Waals surface area contributed by atoms with Gasteiger partial charge < -0.3 is 24.6 Å². The Hall–Kier alpha value is -2.80. The Kier molecular flexibility index (Phi) is 6.13. The molecule has 0 radical (unpaired) electrons. The van der Waals surface area contributed by atoms with Crippen LogP contribution in [0.4, 0.5) is 11.5 Å². The van der Waals surface area contributed by atoms with Crippen LogP contribution in [0, 0.1) is 0 Å². The van der Waals surface area contributed by atoms with Crippen molar-refractivity contribution in [3.8, 4) is 11.5 Å². The van der Waals surface area contributed by atoms with Crippen LogP contribution in [0.5, 0.6) is 11.5 Å². The van der Waals surface area contributed by atoms with Gasteiger partial charge >= 0.3 is 0 Å². The quantitative estimate of drug-likeness (QED) is 0.843. The van der Waals surface area contributed by atoms with Crippen LogP contribution in [-0.4, -0.2) is 67.6 Å². The Balaban J connectivity index is 1.75. The number of hydrogen-bond donors (Lipinski definition) is 1. The molecule has 3 rings (SSSR count). The lowest BCUT2D eigenvalue weighted by Crippen LogP contribution is -2.48. The van der Waals surface area contributed by atoms with Gasteiger partial charge in [-0.1, -0.05) is 6.92 Å². The van der Waals surface area contributed by atoms with Gasteiger partial charge in [0.15, 0.2) is 0 Å². The fourth-order valence-corrected chi connectivity index (χ4v) is 3.13. The van der Waals surface area contributed by atoms with Crippen molar-refractivity contribution >= 4 is 17.4 Å². The predicted octanol–water partition coefficient (Wildman–Crippen LogP) is 2.62. The molecule has 0 unspecified atom stereocenters. The van der Waals surface area contributed by atoms with E-state index in [-0.39, 0.29) is 5.91 Å². The van der Waals surface area contributed by atoms with E-state index in [4.69, 9.17) is 9.47 Å². The van der Waals surface area contributed by atoms with Gasteiger partial charge in [0, 0.05) is 44.0 Å². The zero-order chi connectivity index (χ0) is 19.2. The van der Waals surface area contributed by atoms with Gasteiger partial charge in [-0.3, -0.25) is 4.79 Å². The molecule has 7 nitrogen and oxygen atoms in total. The third-order valence-electron chi connectivity index (χ3n) is 4.78. The number of aromatic nitrogens is 1.